The lowest BCUT2D eigenvalue weighted by atomic mass is 10.1. The number of carbonyl (C=O) groups is 1. The molecule has 0 saturated heterocycles. The predicted molar refractivity (Wildman–Crippen MR) is 75.8 cm³/mol. The quantitative estimate of drug-likeness (QED) is 0.579. The van der Waals surface area contributed by atoms with E-state index in [1.165, 1.54) is 7.11 Å². The van der Waals surface area contributed by atoms with Gasteiger partial charge < -0.3 is 14.8 Å². The van der Waals surface area contributed by atoms with Crippen LogP contribution in [0.5, 0.6) is 5.75 Å². The first-order valence-corrected chi connectivity index (χ1v) is 6.71. The molecule has 106 valence electrons. The molecule has 0 fully saturated rings. The summed E-state index contributed by atoms with van der Waals surface area (Å²) in [5.74, 6) is 0.258. The molecule has 0 unspecified atom stereocenters. The zero-order valence-electron chi connectivity index (χ0n) is 12.0. The number of carbonyl (C=O) groups excluding carboxylic acids is 1. The number of aryl methyl sites for hydroxylation is 1. The van der Waals surface area contributed by atoms with Crippen LogP contribution in [0.1, 0.15) is 35.7 Å². The van der Waals surface area contributed by atoms with E-state index in [4.69, 9.17) is 9.47 Å². The van der Waals surface area contributed by atoms with Gasteiger partial charge in [0.1, 0.15) is 11.3 Å². The summed E-state index contributed by atoms with van der Waals surface area (Å²) in [5.41, 5.74) is 1.61. The SMILES string of the molecule is CCc1ccc(OCCCCNC)c(C(=O)OC)c1. The van der Waals surface area contributed by atoms with Crippen molar-refractivity contribution in [3.05, 3.63) is 29.3 Å². The zero-order valence-corrected chi connectivity index (χ0v) is 12.0. The molecule has 1 aromatic rings. The van der Waals surface area contributed by atoms with Crippen LogP contribution in [-0.4, -0.2) is 33.3 Å². The van der Waals surface area contributed by atoms with E-state index >= 15 is 0 Å². The van der Waals surface area contributed by atoms with Crippen molar-refractivity contribution in [2.75, 3.05) is 27.3 Å². The van der Waals surface area contributed by atoms with Gasteiger partial charge in [0.25, 0.3) is 0 Å². The summed E-state index contributed by atoms with van der Waals surface area (Å²) in [5, 5.41) is 3.09. The lowest BCUT2D eigenvalue weighted by Crippen LogP contribution is -2.10. The van der Waals surface area contributed by atoms with Crippen molar-refractivity contribution in [3.63, 3.8) is 0 Å². The molecule has 0 amide bonds. The van der Waals surface area contributed by atoms with Gasteiger partial charge >= 0.3 is 5.97 Å². The van der Waals surface area contributed by atoms with Crippen molar-refractivity contribution in [3.8, 4) is 5.75 Å². The summed E-state index contributed by atoms with van der Waals surface area (Å²) >= 11 is 0. The Balaban J connectivity index is 2.67. The molecule has 0 heterocycles. The third-order valence-corrected chi connectivity index (χ3v) is 2.94. The van der Waals surface area contributed by atoms with Gasteiger partial charge in [-0.05, 0) is 50.6 Å². The number of unbranched alkanes of at least 4 members (excludes halogenated alkanes) is 1. The molecule has 4 heteroatoms. The summed E-state index contributed by atoms with van der Waals surface area (Å²) in [6.07, 6.45) is 2.89. The Labute approximate surface area is 115 Å². The van der Waals surface area contributed by atoms with Crippen molar-refractivity contribution >= 4 is 5.97 Å². The standard InChI is InChI=1S/C15H23NO3/c1-4-12-7-8-14(13(11-12)15(17)18-3)19-10-6-5-9-16-2/h7-8,11,16H,4-6,9-10H2,1-3H3. The third-order valence-electron chi connectivity index (χ3n) is 2.94. The zero-order chi connectivity index (χ0) is 14.1. The van der Waals surface area contributed by atoms with Crippen LogP contribution < -0.4 is 10.1 Å². The van der Waals surface area contributed by atoms with Crippen LogP contribution in [0, 0.1) is 0 Å². The summed E-state index contributed by atoms with van der Waals surface area (Å²) in [6, 6.07) is 5.67. The molecule has 0 aliphatic carbocycles. The van der Waals surface area contributed by atoms with Crippen LogP contribution in [0.25, 0.3) is 0 Å². The second-order valence-electron chi connectivity index (χ2n) is 4.33. The maximum absolute atomic E-state index is 11.7. The monoisotopic (exact) mass is 265 g/mol. The van der Waals surface area contributed by atoms with E-state index in [0.717, 1.165) is 31.4 Å². The van der Waals surface area contributed by atoms with E-state index in [0.29, 0.717) is 17.9 Å². The smallest absolute Gasteiger partial charge is 0.341 e. The lowest BCUT2D eigenvalue weighted by Gasteiger charge is -2.11. The van der Waals surface area contributed by atoms with Gasteiger partial charge in [0, 0.05) is 0 Å². The van der Waals surface area contributed by atoms with Gasteiger partial charge in [-0.25, -0.2) is 4.79 Å². The largest absolute Gasteiger partial charge is 0.493 e. The fourth-order valence-corrected chi connectivity index (χ4v) is 1.78. The van der Waals surface area contributed by atoms with Gasteiger partial charge in [0.15, 0.2) is 0 Å². The van der Waals surface area contributed by atoms with Crippen molar-refractivity contribution in [2.24, 2.45) is 0 Å². The Morgan fingerprint density at radius 3 is 2.74 bits per heavy atom. The van der Waals surface area contributed by atoms with E-state index < -0.39 is 0 Å². The highest BCUT2D eigenvalue weighted by Gasteiger charge is 2.13. The van der Waals surface area contributed by atoms with Gasteiger partial charge in [-0.3, -0.25) is 0 Å². The van der Waals surface area contributed by atoms with Gasteiger partial charge in [-0.15, -0.1) is 0 Å². The van der Waals surface area contributed by atoms with E-state index in [1.54, 1.807) is 0 Å². The topological polar surface area (TPSA) is 47.6 Å². The molecule has 4 nitrogen and oxygen atoms in total. The number of ether oxygens (including phenoxy) is 2. The Kier molecular flexibility index (Phi) is 6.97. The maximum Gasteiger partial charge on any atom is 0.341 e. The number of nitrogens with one attached hydrogen (secondary N) is 1. The number of esters is 1. The lowest BCUT2D eigenvalue weighted by molar-refractivity contribution is 0.0596. The Morgan fingerprint density at radius 2 is 2.11 bits per heavy atom. The molecule has 19 heavy (non-hydrogen) atoms. The van der Waals surface area contributed by atoms with Crippen LogP contribution in [-0.2, 0) is 11.2 Å². The maximum atomic E-state index is 11.7. The van der Waals surface area contributed by atoms with Crippen LogP contribution >= 0.6 is 0 Å². The number of hydrogen-bond acceptors (Lipinski definition) is 4. The van der Waals surface area contributed by atoms with Crippen molar-refractivity contribution in [2.45, 2.75) is 26.2 Å². The first kappa shape index (κ1) is 15.5. The molecule has 0 bridgehead atoms. The van der Waals surface area contributed by atoms with Crippen molar-refractivity contribution in [1.82, 2.24) is 5.32 Å². The molecule has 0 atom stereocenters. The fraction of sp³-hybridized carbons (Fsp3) is 0.533. The van der Waals surface area contributed by atoms with Crippen LogP contribution in [0.2, 0.25) is 0 Å². The number of benzene rings is 1. The van der Waals surface area contributed by atoms with Gasteiger partial charge in [0.2, 0.25) is 0 Å². The van der Waals surface area contributed by atoms with Gasteiger partial charge in [-0.2, -0.15) is 0 Å². The first-order chi connectivity index (χ1) is 9.22. The molecular formula is C15H23NO3. The molecule has 0 aliphatic rings. The van der Waals surface area contributed by atoms with E-state index in [2.05, 4.69) is 12.2 Å². The molecule has 0 aliphatic heterocycles. The first-order valence-electron chi connectivity index (χ1n) is 6.71. The summed E-state index contributed by atoms with van der Waals surface area (Å²) in [4.78, 5) is 11.7. The molecule has 0 aromatic heterocycles. The Morgan fingerprint density at radius 1 is 1.32 bits per heavy atom. The van der Waals surface area contributed by atoms with Crippen LogP contribution in [0.15, 0.2) is 18.2 Å². The van der Waals surface area contributed by atoms with Gasteiger partial charge in [-0.1, -0.05) is 13.0 Å². The highest BCUT2D eigenvalue weighted by molar-refractivity contribution is 5.92. The molecule has 1 rings (SSSR count). The highest BCUT2D eigenvalue weighted by Crippen LogP contribution is 2.21. The summed E-state index contributed by atoms with van der Waals surface area (Å²) in [6.45, 7) is 3.63. The van der Waals surface area contributed by atoms with E-state index in [1.807, 2.05) is 25.2 Å². The second kappa shape index (κ2) is 8.53. The molecule has 0 spiro atoms. The number of methoxy groups -OCH3 is 1. The van der Waals surface area contributed by atoms with Crippen LogP contribution in [0.3, 0.4) is 0 Å². The minimum Gasteiger partial charge on any atom is -0.493 e. The normalized spacial score (nSPS) is 10.3. The van der Waals surface area contributed by atoms with Crippen LogP contribution in [0.4, 0.5) is 0 Å². The summed E-state index contributed by atoms with van der Waals surface area (Å²) in [7, 11) is 3.32. The van der Waals surface area contributed by atoms with E-state index in [-0.39, 0.29) is 5.97 Å². The number of rotatable bonds is 8. The minimum absolute atomic E-state index is 0.347. The minimum atomic E-state index is -0.347. The average molecular weight is 265 g/mol. The Hall–Kier alpha value is -1.55. The van der Waals surface area contributed by atoms with E-state index in [9.17, 15) is 4.79 Å². The molecule has 1 aromatic carbocycles. The Bertz CT molecular complexity index is 404. The second-order valence-corrected chi connectivity index (χ2v) is 4.33. The fourth-order valence-electron chi connectivity index (χ4n) is 1.78. The molecule has 1 N–H and O–H groups in total. The highest BCUT2D eigenvalue weighted by atomic mass is 16.5. The predicted octanol–water partition coefficient (Wildman–Crippen LogP) is 2.41. The third kappa shape index (κ3) is 4.91. The van der Waals surface area contributed by atoms with Crippen molar-refractivity contribution < 1.29 is 14.3 Å². The summed E-state index contributed by atoms with van der Waals surface area (Å²) < 4.78 is 10.5. The molecular weight excluding hydrogens is 242 g/mol. The van der Waals surface area contributed by atoms with Gasteiger partial charge in [0.05, 0.1) is 13.7 Å². The van der Waals surface area contributed by atoms with Crippen molar-refractivity contribution in [1.29, 1.82) is 0 Å². The average Bonchev–Trinajstić information content (AvgIpc) is 2.46. The molecule has 0 radical (unpaired) electrons. The molecule has 0 saturated carbocycles. The number of hydrogen-bond donors (Lipinski definition) is 1.